The Bertz CT molecular complexity index is 1110. The number of amides is 2. The van der Waals surface area contributed by atoms with E-state index >= 15 is 0 Å². The highest BCUT2D eigenvalue weighted by Gasteiger charge is 2.21. The summed E-state index contributed by atoms with van der Waals surface area (Å²) in [5, 5.41) is 5.84. The Labute approximate surface area is 185 Å². The number of benzene rings is 2. The second kappa shape index (κ2) is 9.57. The Balaban J connectivity index is 1.32. The number of anilines is 2. The zero-order valence-electron chi connectivity index (χ0n) is 17.2. The number of carbonyl (C=O) groups excluding carboxylic acids is 2. The number of nitrogens with one attached hydrogen (secondary N) is 1. The van der Waals surface area contributed by atoms with E-state index in [0.717, 1.165) is 40.7 Å². The molecule has 4 rings (SSSR count). The van der Waals surface area contributed by atoms with Gasteiger partial charge in [-0.2, -0.15) is 0 Å². The van der Waals surface area contributed by atoms with Crippen molar-refractivity contribution >= 4 is 40.6 Å². The molecule has 1 saturated heterocycles. The number of thiazole rings is 1. The number of aryl methyl sites for hydroxylation is 1. The van der Waals surface area contributed by atoms with Crippen LogP contribution in [0.5, 0.6) is 5.75 Å². The fourth-order valence-corrected chi connectivity index (χ4v) is 3.94. The molecule has 3 aromatic rings. The van der Waals surface area contributed by atoms with E-state index in [0.29, 0.717) is 18.7 Å². The molecule has 0 aliphatic carbocycles. The molecule has 1 aromatic heterocycles. The van der Waals surface area contributed by atoms with Crippen LogP contribution >= 0.6 is 11.3 Å². The van der Waals surface area contributed by atoms with Gasteiger partial charge in [-0.05, 0) is 61.4 Å². The lowest BCUT2D eigenvalue weighted by Crippen LogP contribution is -2.23. The first kappa shape index (κ1) is 20.8. The zero-order valence-corrected chi connectivity index (χ0v) is 18.0. The molecule has 1 fully saturated rings. The standard InChI is InChI=1S/C24H23N3O3S/c1-17-25-20(16-31-17)15-30-22-5-2-4-18(14-22)7-12-23(28)26-19-8-10-21(11-9-19)27-13-3-6-24(27)29/h2,4-5,7-12,14,16H,3,6,13,15H2,1H3,(H,26,28)/b12-7+. The van der Waals surface area contributed by atoms with Gasteiger partial charge in [0.25, 0.3) is 0 Å². The largest absolute Gasteiger partial charge is 0.487 e. The van der Waals surface area contributed by atoms with Crippen LogP contribution in [0.3, 0.4) is 0 Å². The maximum atomic E-state index is 12.3. The van der Waals surface area contributed by atoms with Gasteiger partial charge in [-0.3, -0.25) is 9.59 Å². The van der Waals surface area contributed by atoms with Crippen LogP contribution in [0, 0.1) is 6.92 Å². The number of hydrogen-bond donors (Lipinski definition) is 1. The molecule has 31 heavy (non-hydrogen) atoms. The Morgan fingerprint density at radius 3 is 2.81 bits per heavy atom. The Hall–Kier alpha value is -3.45. The van der Waals surface area contributed by atoms with Crippen molar-refractivity contribution in [3.63, 3.8) is 0 Å². The van der Waals surface area contributed by atoms with Crippen molar-refractivity contribution in [2.75, 3.05) is 16.8 Å². The van der Waals surface area contributed by atoms with Crippen LogP contribution in [-0.4, -0.2) is 23.3 Å². The molecule has 1 aliphatic rings. The third-order valence-electron chi connectivity index (χ3n) is 4.86. The summed E-state index contributed by atoms with van der Waals surface area (Å²) < 4.78 is 5.79. The number of carbonyl (C=O) groups is 2. The summed E-state index contributed by atoms with van der Waals surface area (Å²) in [6, 6.07) is 14.9. The highest BCUT2D eigenvalue weighted by molar-refractivity contribution is 7.09. The molecule has 2 heterocycles. The fourth-order valence-electron chi connectivity index (χ4n) is 3.34. The first-order valence-electron chi connectivity index (χ1n) is 10.1. The molecule has 6 nitrogen and oxygen atoms in total. The van der Waals surface area contributed by atoms with E-state index in [1.807, 2.05) is 48.7 Å². The summed E-state index contributed by atoms with van der Waals surface area (Å²) in [5.74, 6) is 0.641. The van der Waals surface area contributed by atoms with Crippen LogP contribution in [-0.2, 0) is 16.2 Å². The van der Waals surface area contributed by atoms with E-state index in [1.165, 1.54) is 6.08 Å². The van der Waals surface area contributed by atoms with Gasteiger partial charge in [0, 0.05) is 35.8 Å². The molecule has 0 atom stereocenters. The highest BCUT2D eigenvalue weighted by Crippen LogP contribution is 2.23. The molecule has 2 amide bonds. The molecular weight excluding hydrogens is 410 g/mol. The van der Waals surface area contributed by atoms with Gasteiger partial charge in [0.1, 0.15) is 12.4 Å². The topological polar surface area (TPSA) is 71.5 Å². The molecule has 0 radical (unpaired) electrons. The van der Waals surface area contributed by atoms with Crippen LogP contribution < -0.4 is 15.0 Å². The predicted molar refractivity (Wildman–Crippen MR) is 123 cm³/mol. The van der Waals surface area contributed by atoms with Gasteiger partial charge in [-0.25, -0.2) is 4.98 Å². The third-order valence-corrected chi connectivity index (χ3v) is 5.68. The first-order chi connectivity index (χ1) is 15.1. The van der Waals surface area contributed by atoms with Crippen LogP contribution in [0.25, 0.3) is 6.08 Å². The van der Waals surface area contributed by atoms with Crippen LogP contribution in [0.2, 0.25) is 0 Å². The van der Waals surface area contributed by atoms with Gasteiger partial charge in [0.2, 0.25) is 11.8 Å². The number of nitrogens with zero attached hydrogens (tertiary/aromatic N) is 2. The third kappa shape index (κ3) is 5.58. The van der Waals surface area contributed by atoms with Gasteiger partial charge in [0.15, 0.2) is 0 Å². The SMILES string of the molecule is Cc1nc(COc2cccc(/C=C/C(=O)Nc3ccc(N4CCCC4=O)cc3)c2)cs1. The minimum Gasteiger partial charge on any atom is -0.487 e. The van der Waals surface area contributed by atoms with Gasteiger partial charge in [-0.15, -0.1) is 11.3 Å². The van der Waals surface area contributed by atoms with Gasteiger partial charge >= 0.3 is 0 Å². The molecule has 0 saturated carbocycles. The van der Waals surface area contributed by atoms with Crippen LogP contribution in [0.15, 0.2) is 60.0 Å². The lowest BCUT2D eigenvalue weighted by Gasteiger charge is -2.15. The van der Waals surface area contributed by atoms with Crippen molar-refractivity contribution in [1.29, 1.82) is 0 Å². The Kier molecular flexibility index (Phi) is 6.43. The molecule has 7 heteroatoms. The molecule has 1 N–H and O–H groups in total. The van der Waals surface area contributed by atoms with Gasteiger partial charge in [-0.1, -0.05) is 12.1 Å². The molecule has 0 spiro atoms. The highest BCUT2D eigenvalue weighted by atomic mass is 32.1. The molecule has 1 aliphatic heterocycles. The van der Waals surface area contributed by atoms with E-state index in [4.69, 9.17) is 4.74 Å². The van der Waals surface area contributed by atoms with Crippen molar-refractivity contribution in [2.24, 2.45) is 0 Å². The monoisotopic (exact) mass is 433 g/mol. The maximum absolute atomic E-state index is 12.3. The van der Waals surface area contributed by atoms with Crippen molar-refractivity contribution in [3.05, 3.63) is 76.3 Å². The van der Waals surface area contributed by atoms with Crippen molar-refractivity contribution in [1.82, 2.24) is 4.98 Å². The van der Waals surface area contributed by atoms with Gasteiger partial charge < -0.3 is 15.0 Å². The molecule has 2 aromatic carbocycles. The zero-order chi connectivity index (χ0) is 21.6. The minimum atomic E-state index is -0.228. The number of rotatable bonds is 7. The Morgan fingerprint density at radius 2 is 2.10 bits per heavy atom. The smallest absolute Gasteiger partial charge is 0.248 e. The lowest BCUT2D eigenvalue weighted by molar-refractivity contribution is -0.117. The average Bonchev–Trinajstić information content (AvgIpc) is 3.39. The normalized spacial score (nSPS) is 13.7. The Morgan fingerprint density at radius 1 is 1.26 bits per heavy atom. The van der Waals surface area contributed by atoms with E-state index < -0.39 is 0 Å². The number of ether oxygens (including phenoxy) is 1. The molecule has 0 unspecified atom stereocenters. The summed E-state index contributed by atoms with van der Waals surface area (Å²) in [5.41, 5.74) is 3.31. The minimum absolute atomic E-state index is 0.146. The van der Waals surface area contributed by atoms with E-state index in [2.05, 4.69) is 10.3 Å². The number of aromatic nitrogens is 1. The second-order valence-corrected chi connectivity index (χ2v) is 8.30. The lowest BCUT2D eigenvalue weighted by atomic mass is 10.2. The maximum Gasteiger partial charge on any atom is 0.248 e. The summed E-state index contributed by atoms with van der Waals surface area (Å²) >= 11 is 1.60. The summed E-state index contributed by atoms with van der Waals surface area (Å²) in [6.07, 6.45) is 4.71. The van der Waals surface area contributed by atoms with Crippen molar-refractivity contribution < 1.29 is 14.3 Å². The predicted octanol–water partition coefficient (Wildman–Crippen LogP) is 4.81. The fraction of sp³-hybridized carbons (Fsp3) is 0.208. The van der Waals surface area contributed by atoms with Crippen molar-refractivity contribution in [3.8, 4) is 5.75 Å². The first-order valence-corrected chi connectivity index (χ1v) is 11.0. The van der Waals surface area contributed by atoms with Crippen LogP contribution in [0.4, 0.5) is 11.4 Å². The average molecular weight is 434 g/mol. The van der Waals surface area contributed by atoms with E-state index in [9.17, 15) is 9.59 Å². The molecule has 158 valence electrons. The summed E-state index contributed by atoms with van der Waals surface area (Å²) in [6.45, 7) is 3.13. The van der Waals surface area contributed by atoms with E-state index in [1.54, 1.807) is 34.4 Å². The molecule has 0 bridgehead atoms. The molecular formula is C24H23N3O3S. The second-order valence-electron chi connectivity index (χ2n) is 7.24. The van der Waals surface area contributed by atoms with Crippen molar-refractivity contribution in [2.45, 2.75) is 26.4 Å². The van der Waals surface area contributed by atoms with Gasteiger partial charge in [0.05, 0.1) is 10.7 Å². The summed E-state index contributed by atoms with van der Waals surface area (Å²) in [7, 11) is 0. The quantitative estimate of drug-likeness (QED) is 0.543. The van der Waals surface area contributed by atoms with Crippen LogP contribution in [0.1, 0.15) is 29.1 Å². The number of hydrogen-bond acceptors (Lipinski definition) is 5. The van der Waals surface area contributed by atoms with E-state index in [-0.39, 0.29) is 11.8 Å². The summed E-state index contributed by atoms with van der Waals surface area (Å²) in [4.78, 5) is 30.3.